The van der Waals surface area contributed by atoms with E-state index in [2.05, 4.69) is 24.3 Å². The summed E-state index contributed by atoms with van der Waals surface area (Å²) in [4.78, 5) is 5.79. The third kappa shape index (κ3) is 4.31. The van der Waals surface area contributed by atoms with Gasteiger partial charge in [-0.3, -0.25) is 0 Å². The zero-order valence-electron chi connectivity index (χ0n) is 11.5. The van der Waals surface area contributed by atoms with Crippen molar-refractivity contribution in [2.45, 2.75) is 39.5 Å². The van der Waals surface area contributed by atoms with Crippen molar-refractivity contribution in [3.8, 4) is 0 Å². The van der Waals surface area contributed by atoms with Gasteiger partial charge in [-0.1, -0.05) is 26.7 Å². The first-order chi connectivity index (χ1) is 9.13. The van der Waals surface area contributed by atoms with Crippen LogP contribution in [0.3, 0.4) is 0 Å². The number of rotatable bonds is 8. The zero-order valence-corrected chi connectivity index (χ0v) is 11.5. The molecule has 3 N–H and O–H groups in total. The van der Waals surface area contributed by atoms with Crippen molar-refractivity contribution in [1.29, 1.82) is 0 Å². The minimum absolute atomic E-state index is 0.130. The fraction of sp³-hybridized carbons (Fsp3) is 0.615. The highest BCUT2D eigenvalue weighted by Crippen LogP contribution is 2.22. The number of hydrogen-bond donors (Lipinski definition) is 2. The Kier molecular flexibility index (Phi) is 6.49. The van der Waals surface area contributed by atoms with Crippen LogP contribution in [0.1, 0.15) is 39.5 Å². The van der Waals surface area contributed by atoms with Crippen LogP contribution in [0.15, 0.2) is 6.07 Å². The lowest BCUT2D eigenvalue weighted by Gasteiger charge is -2.24. The SMILES string of the molecule is CCCCN(CCCC)c1nc(NN)c(F)cc1F. The van der Waals surface area contributed by atoms with E-state index in [0.717, 1.165) is 31.7 Å². The second-order valence-corrected chi connectivity index (χ2v) is 4.46. The van der Waals surface area contributed by atoms with E-state index in [1.165, 1.54) is 0 Å². The molecule has 0 atom stereocenters. The molecular weight excluding hydrogens is 250 g/mol. The maximum absolute atomic E-state index is 13.9. The normalized spacial score (nSPS) is 10.6. The molecule has 0 aliphatic carbocycles. The van der Waals surface area contributed by atoms with Gasteiger partial charge in [0.15, 0.2) is 23.3 Å². The molecule has 0 aliphatic rings. The second-order valence-electron chi connectivity index (χ2n) is 4.46. The summed E-state index contributed by atoms with van der Waals surface area (Å²) in [6, 6.07) is 0.822. The molecule has 0 unspecified atom stereocenters. The number of nitrogens with one attached hydrogen (secondary N) is 1. The minimum Gasteiger partial charge on any atom is -0.354 e. The molecule has 19 heavy (non-hydrogen) atoms. The summed E-state index contributed by atoms with van der Waals surface area (Å²) < 4.78 is 27.2. The molecule has 4 nitrogen and oxygen atoms in total. The number of hydrazine groups is 1. The van der Waals surface area contributed by atoms with Crippen LogP contribution in [0.4, 0.5) is 20.4 Å². The van der Waals surface area contributed by atoms with E-state index in [9.17, 15) is 8.78 Å². The minimum atomic E-state index is -0.783. The molecule has 1 heterocycles. The van der Waals surface area contributed by atoms with E-state index in [0.29, 0.717) is 13.1 Å². The van der Waals surface area contributed by atoms with Crippen LogP contribution < -0.4 is 16.2 Å². The monoisotopic (exact) mass is 272 g/mol. The molecule has 6 heteroatoms. The maximum atomic E-state index is 13.9. The van der Waals surface area contributed by atoms with Crippen molar-refractivity contribution in [3.05, 3.63) is 17.7 Å². The summed E-state index contributed by atoms with van der Waals surface area (Å²) in [5.74, 6) is 3.78. The van der Waals surface area contributed by atoms with Gasteiger partial charge in [0.25, 0.3) is 0 Å². The second kappa shape index (κ2) is 7.89. The van der Waals surface area contributed by atoms with Crippen LogP contribution in [0.2, 0.25) is 0 Å². The number of pyridine rings is 1. The number of aromatic nitrogens is 1. The Labute approximate surface area is 113 Å². The van der Waals surface area contributed by atoms with E-state index in [-0.39, 0.29) is 11.6 Å². The van der Waals surface area contributed by atoms with Crippen molar-refractivity contribution >= 4 is 11.6 Å². The Morgan fingerprint density at radius 3 is 2.21 bits per heavy atom. The summed E-state index contributed by atoms with van der Waals surface area (Å²) in [5.41, 5.74) is 2.15. The van der Waals surface area contributed by atoms with Crippen molar-refractivity contribution in [2.24, 2.45) is 5.84 Å². The summed E-state index contributed by atoms with van der Waals surface area (Å²) >= 11 is 0. The third-order valence-corrected chi connectivity index (χ3v) is 2.91. The van der Waals surface area contributed by atoms with E-state index >= 15 is 0 Å². The third-order valence-electron chi connectivity index (χ3n) is 2.91. The molecule has 108 valence electrons. The molecule has 0 amide bonds. The van der Waals surface area contributed by atoms with Crippen LogP contribution >= 0.6 is 0 Å². The number of hydrogen-bond acceptors (Lipinski definition) is 4. The Balaban J connectivity index is 2.98. The number of nitrogens with two attached hydrogens (primary N) is 1. The van der Waals surface area contributed by atoms with Crippen molar-refractivity contribution < 1.29 is 8.78 Å². The smallest absolute Gasteiger partial charge is 0.178 e. The number of anilines is 2. The van der Waals surface area contributed by atoms with Gasteiger partial charge >= 0.3 is 0 Å². The van der Waals surface area contributed by atoms with Crippen LogP contribution in [0.25, 0.3) is 0 Å². The van der Waals surface area contributed by atoms with Crippen molar-refractivity contribution in [2.75, 3.05) is 23.4 Å². The average Bonchev–Trinajstić information content (AvgIpc) is 2.40. The van der Waals surface area contributed by atoms with Gasteiger partial charge in [-0.15, -0.1) is 0 Å². The van der Waals surface area contributed by atoms with Crippen LogP contribution in [-0.2, 0) is 0 Å². The van der Waals surface area contributed by atoms with E-state index in [1.807, 2.05) is 4.90 Å². The fourth-order valence-electron chi connectivity index (χ4n) is 1.80. The lowest BCUT2D eigenvalue weighted by Crippen LogP contribution is -2.28. The standard InChI is InChI=1S/C13H22F2N4/c1-3-5-7-19(8-6-4-2)13-11(15)9-10(14)12(17-13)18-16/h9H,3-8,16H2,1-2H3,(H,17,18). The highest BCUT2D eigenvalue weighted by atomic mass is 19.1. The molecule has 0 bridgehead atoms. The number of halogens is 2. The van der Waals surface area contributed by atoms with Crippen LogP contribution in [-0.4, -0.2) is 18.1 Å². The molecule has 0 radical (unpaired) electrons. The Hall–Kier alpha value is -1.43. The molecule has 1 aromatic heterocycles. The van der Waals surface area contributed by atoms with Gasteiger partial charge in [0.05, 0.1) is 0 Å². The van der Waals surface area contributed by atoms with Gasteiger partial charge in [0.2, 0.25) is 0 Å². The highest BCUT2D eigenvalue weighted by molar-refractivity contribution is 5.48. The molecule has 0 aromatic carbocycles. The number of unbranched alkanes of at least 4 members (excludes halogenated alkanes) is 2. The van der Waals surface area contributed by atoms with Gasteiger partial charge in [0, 0.05) is 19.2 Å². The summed E-state index contributed by atoms with van der Waals surface area (Å²) in [7, 11) is 0. The average molecular weight is 272 g/mol. The number of nitrogens with zero attached hydrogens (tertiary/aromatic N) is 2. The first-order valence-electron chi connectivity index (χ1n) is 6.71. The molecule has 0 aliphatic heterocycles. The topological polar surface area (TPSA) is 54.2 Å². The van der Waals surface area contributed by atoms with Gasteiger partial charge in [-0.25, -0.2) is 19.6 Å². The first-order valence-corrected chi connectivity index (χ1v) is 6.71. The van der Waals surface area contributed by atoms with E-state index < -0.39 is 11.6 Å². The van der Waals surface area contributed by atoms with Gasteiger partial charge < -0.3 is 10.3 Å². The van der Waals surface area contributed by atoms with E-state index in [4.69, 9.17) is 5.84 Å². The quantitative estimate of drug-likeness (QED) is 0.564. The van der Waals surface area contributed by atoms with Crippen LogP contribution in [0, 0.1) is 11.6 Å². The molecule has 1 rings (SSSR count). The Bertz CT molecular complexity index is 390. The summed E-state index contributed by atoms with van der Waals surface area (Å²) in [6.45, 7) is 5.55. The zero-order chi connectivity index (χ0) is 14.3. The van der Waals surface area contributed by atoms with Crippen LogP contribution in [0.5, 0.6) is 0 Å². The van der Waals surface area contributed by atoms with E-state index in [1.54, 1.807) is 0 Å². The van der Waals surface area contributed by atoms with Crippen molar-refractivity contribution in [1.82, 2.24) is 4.98 Å². The largest absolute Gasteiger partial charge is 0.354 e. The Morgan fingerprint density at radius 1 is 1.16 bits per heavy atom. The van der Waals surface area contributed by atoms with Gasteiger partial charge in [-0.05, 0) is 12.8 Å². The maximum Gasteiger partial charge on any atom is 0.178 e. The lowest BCUT2D eigenvalue weighted by molar-refractivity contribution is 0.563. The fourth-order valence-corrected chi connectivity index (χ4v) is 1.80. The molecule has 0 fully saturated rings. The highest BCUT2D eigenvalue weighted by Gasteiger charge is 2.16. The predicted molar refractivity (Wildman–Crippen MR) is 74.0 cm³/mol. The van der Waals surface area contributed by atoms with Gasteiger partial charge in [0.1, 0.15) is 0 Å². The van der Waals surface area contributed by atoms with Gasteiger partial charge in [-0.2, -0.15) is 0 Å². The molecule has 0 spiro atoms. The molecule has 1 aromatic rings. The predicted octanol–water partition coefficient (Wildman–Crippen LogP) is 3.05. The number of nitrogen functional groups attached to an aromatic ring is 1. The molecule has 0 saturated carbocycles. The summed E-state index contributed by atoms with van der Waals surface area (Å²) in [5, 5.41) is 0. The lowest BCUT2D eigenvalue weighted by atomic mass is 10.2. The molecular formula is C13H22F2N4. The Morgan fingerprint density at radius 2 is 1.74 bits per heavy atom. The molecule has 0 saturated heterocycles. The first kappa shape index (κ1) is 15.6. The summed E-state index contributed by atoms with van der Waals surface area (Å²) in [6.07, 6.45) is 3.89. The van der Waals surface area contributed by atoms with Crippen molar-refractivity contribution in [3.63, 3.8) is 0 Å².